The van der Waals surface area contributed by atoms with E-state index in [9.17, 15) is 0 Å². The number of benzene rings is 1. The number of aromatic amines is 1. The molecule has 4 nitrogen and oxygen atoms in total. The van der Waals surface area contributed by atoms with Gasteiger partial charge < -0.3 is 9.88 Å². The lowest BCUT2D eigenvalue weighted by molar-refractivity contribution is 1.13. The second-order valence-electron chi connectivity index (χ2n) is 4.44. The van der Waals surface area contributed by atoms with Gasteiger partial charge >= 0.3 is 0 Å². The van der Waals surface area contributed by atoms with Crippen molar-refractivity contribution >= 4 is 16.9 Å². The predicted octanol–water partition coefficient (Wildman–Crippen LogP) is 2.69. The van der Waals surface area contributed by atoms with Crippen molar-refractivity contribution in [3.05, 3.63) is 42.9 Å². The number of hydrogen-bond donors (Lipinski definition) is 1. The van der Waals surface area contributed by atoms with Crippen LogP contribution in [0.2, 0.25) is 0 Å². The van der Waals surface area contributed by atoms with Gasteiger partial charge in [0, 0.05) is 31.5 Å². The Morgan fingerprint density at radius 1 is 1.00 bits per heavy atom. The first-order valence-corrected chi connectivity index (χ1v) is 5.81. The first-order valence-electron chi connectivity index (χ1n) is 5.81. The Morgan fingerprint density at radius 2 is 1.78 bits per heavy atom. The zero-order valence-corrected chi connectivity index (χ0v) is 10.4. The molecule has 0 aliphatic heterocycles. The summed E-state index contributed by atoms with van der Waals surface area (Å²) in [6.07, 6.45) is 3.52. The van der Waals surface area contributed by atoms with E-state index in [0.29, 0.717) is 0 Å². The number of fused-ring (bicyclic) bond motifs is 1. The number of H-pyrrole nitrogens is 1. The topological polar surface area (TPSA) is 44.8 Å². The van der Waals surface area contributed by atoms with Crippen molar-refractivity contribution in [3.63, 3.8) is 0 Å². The predicted molar refractivity (Wildman–Crippen MR) is 73.7 cm³/mol. The molecule has 0 radical (unpaired) electrons. The van der Waals surface area contributed by atoms with Crippen LogP contribution in [0.4, 0.5) is 5.69 Å². The van der Waals surface area contributed by atoms with E-state index < -0.39 is 0 Å². The van der Waals surface area contributed by atoms with Crippen molar-refractivity contribution in [2.75, 3.05) is 19.0 Å². The lowest BCUT2D eigenvalue weighted by atomic mass is 10.1. The highest BCUT2D eigenvalue weighted by molar-refractivity contribution is 5.78. The fourth-order valence-corrected chi connectivity index (χ4v) is 1.94. The minimum atomic E-state index is 0.753. The molecule has 0 atom stereocenters. The fourth-order valence-electron chi connectivity index (χ4n) is 1.94. The van der Waals surface area contributed by atoms with E-state index >= 15 is 0 Å². The summed E-state index contributed by atoms with van der Waals surface area (Å²) in [7, 11) is 4.07. The Labute approximate surface area is 105 Å². The molecule has 18 heavy (non-hydrogen) atoms. The summed E-state index contributed by atoms with van der Waals surface area (Å²) < 4.78 is 0. The summed E-state index contributed by atoms with van der Waals surface area (Å²) in [6, 6.07) is 10.5. The van der Waals surface area contributed by atoms with Gasteiger partial charge in [0.25, 0.3) is 0 Å². The smallest absolute Gasteiger partial charge is 0.177 e. The molecule has 3 aromatic rings. The first-order chi connectivity index (χ1) is 8.74. The largest absolute Gasteiger partial charge is 0.378 e. The van der Waals surface area contributed by atoms with E-state index in [2.05, 4.69) is 50.2 Å². The number of imidazole rings is 1. The van der Waals surface area contributed by atoms with Crippen molar-refractivity contribution < 1.29 is 0 Å². The summed E-state index contributed by atoms with van der Waals surface area (Å²) in [6.45, 7) is 0. The number of aromatic nitrogens is 3. The van der Waals surface area contributed by atoms with Crippen LogP contribution in [0.5, 0.6) is 0 Å². The Kier molecular flexibility index (Phi) is 2.48. The van der Waals surface area contributed by atoms with Crippen LogP contribution in [0.15, 0.2) is 42.9 Å². The molecule has 0 saturated carbocycles. The average molecular weight is 238 g/mol. The van der Waals surface area contributed by atoms with Gasteiger partial charge in [-0.3, -0.25) is 0 Å². The van der Waals surface area contributed by atoms with Crippen LogP contribution in [-0.4, -0.2) is 29.0 Å². The lowest BCUT2D eigenvalue weighted by Crippen LogP contribution is -2.07. The maximum atomic E-state index is 4.32. The van der Waals surface area contributed by atoms with E-state index in [-0.39, 0.29) is 0 Å². The van der Waals surface area contributed by atoms with E-state index in [1.807, 2.05) is 20.3 Å². The maximum absolute atomic E-state index is 4.32. The van der Waals surface area contributed by atoms with Gasteiger partial charge in [-0.25, -0.2) is 9.97 Å². The fraction of sp³-hybridized carbons (Fsp3) is 0.143. The summed E-state index contributed by atoms with van der Waals surface area (Å²) in [5, 5.41) is 0. The van der Waals surface area contributed by atoms with Gasteiger partial charge in [-0.05, 0) is 23.8 Å². The van der Waals surface area contributed by atoms with Crippen molar-refractivity contribution in [3.8, 4) is 11.1 Å². The number of anilines is 1. The second kappa shape index (κ2) is 4.14. The van der Waals surface area contributed by atoms with Crippen LogP contribution < -0.4 is 4.90 Å². The Morgan fingerprint density at radius 3 is 2.50 bits per heavy atom. The monoisotopic (exact) mass is 238 g/mol. The molecule has 0 spiro atoms. The van der Waals surface area contributed by atoms with Gasteiger partial charge in [-0.2, -0.15) is 0 Å². The number of hydrogen-bond acceptors (Lipinski definition) is 3. The van der Waals surface area contributed by atoms with Gasteiger partial charge in [0.15, 0.2) is 5.65 Å². The van der Waals surface area contributed by atoms with Crippen LogP contribution in [0.3, 0.4) is 0 Å². The molecular formula is C14H14N4. The highest BCUT2D eigenvalue weighted by Crippen LogP contribution is 2.23. The molecular weight excluding hydrogens is 224 g/mol. The van der Waals surface area contributed by atoms with E-state index in [0.717, 1.165) is 22.3 Å². The molecule has 1 N–H and O–H groups in total. The molecule has 0 aliphatic rings. The van der Waals surface area contributed by atoms with Gasteiger partial charge in [-0.1, -0.05) is 12.1 Å². The highest BCUT2D eigenvalue weighted by atomic mass is 15.1. The second-order valence-corrected chi connectivity index (χ2v) is 4.44. The summed E-state index contributed by atoms with van der Waals surface area (Å²) in [5.74, 6) is 0. The molecule has 0 fully saturated rings. The van der Waals surface area contributed by atoms with Gasteiger partial charge in [0.1, 0.15) is 0 Å². The normalized spacial score (nSPS) is 10.8. The molecule has 2 aromatic heterocycles. The molecule has 3 rings (SSSR count). The Hall–Kier alpha value is -2.36. The third-order valence-electron chi connectivity index (χ3n) is 2.99. The summed E-state index contributed by atoms with van der Waals surface area (Å²) >= 11 is 0. The van der Waals surface area contributed by atoms with E-state index in [1.54, 1.807) is 6.33 Å². The average Bonchev–Trinajstić information content (AvgIpc) is 2.86. The quantitative estimate of drug-likeness (QED) is 0.746. The van der Waals surface area contributed by atoms with Crippen LogP contribution >= 0.6 is 0 Å². The molecule has 4 heteroatoms. The number of nitrogens with zero attached hydrogens (tertiary/aromatic N) is 3. The Balaban J connectivity index is 2.02. The minimum Gasteiger partial charge on any atom is -0.378 e. The molecule has 1 aromatic carbocycles. The van der Waals surface area contributed by atoms with Crippen molar-refractivity contribution in [1.82, 2.24) is 15.0 Å². The van der Waals surface area contributed by atoms with Crippen LogP contribution in [-0.2, 0) is 0 Å². The third-order valence-corrected chi connectivity index (χ3v) is 2.99. The van der Waals surface area contributed by atoms with Crippen molar-refractivity contribution in [1.29, 1.82) is 0 Å². The molecule has 0 saturated heterocycles. The molecule has 0 unspecified atom stereocenters. The first kappa shape index (κ1) is 10.8. The van der Waals surface area contributed by atoms with Gasteiger partial charge in [-0.15, -0.1) is 0 Å². The van der Waals surface area contributed by atoms with Crippen molar-refractivity contribution in [2.24, 2.45) is 0 Å². The molecule has 0 amide bonds. The summed E-state index contributed by atoms with van der Waals surface area (Å²) in [4.78, 5) is 13.6. The zero-order chi connectivity index (χ0) is 12.5. The maximum Gasteiger partial charge on any atom is 0.177 e. The molecule has 2 heterocycles. The SMILES string of the molecule is CN(C)c1ccc(-c2cnc3nc[nH]c3c2)cc1. The van der Waals surface area contributed by atoms with Gasteiger partial charge in [0.2, 0.25) is 0 Å². The molecule has 90 valence electrons. The molecule has 0 bridgehead atoms. The van der Waals surface area contributed by atoms with Gasteiger partial charge in [0.05, 0.1) is 11.8 Å². The number of pyridine rings is 1. The molecule has 0 aliphatic carbocycles. The summed E-state index contributed by atoms with van der Waals surface area (Å²) in [5.41, 5.74) is 5.16. The van der Waals surface area contributed by atoms with E-state index in [1.165, 1.54) is 5.69 Å². The minimum absolute atomic E-state index is 0.753. The number of nitrogens with one attached hydrogen (secondary N) is 1. The van der Waals surface area contributed by atoms with Crippen LogP contribution in [0.25, 0.3) is 22.3 Å². The standard InChI is InChI=1S/C14H14N4/c1-18(2)12-5-3-10(4-6-12)11-7-13-14(15-8-11)17-9-16-13/h3-9H,1-2H3,(H,15,16,17). The highest BCUT2D eigenvalue weighted by Gasteiger charge is 2.03. The zero-order valence-electron chi connectivity index (χ0n) is 10.4. The van der Waals surface area contributed by atoms with Crippen LogP contribution in [0.1, 0.15) is 0 Å². The van der Waals surface area contributed by atoms with E-state index in [4.69, 9.17) is 0 Å². The lowest BCUT2D eigenvalue weighted by Gasteiger charge is -2.12. The van der Waals surface area contributed by atoms with Crippen LogP contribution in [0, 0.1) is 0 Å². The third kappa shape index (κ3) is 1.82. The Bertz CT molecular complexity index is 668. The number of rotatable bonds is 2. The van der Waals surface area contributed by atoms with Crippen molar-refractivity contribution in [2.45, 2.75) is 0 Å².